The maximum Gasteiger partial charge on any atom is 0.336 e. The molecule has 0 radical (unpaired) electrons. The van der Waals surface area contributed by atoms with E-state index >= 15 is 0 Å². The summed E-state index contributed by atoms with van der Waals surface area (Å²) in [4.78, 5) is 21.9. The Bertz CT molecular complexity index is 536. The summed E-state index contributed by atoms with van der Waals surface area (Å²) in [6.45, 7) is 3.63. The second kappa shape index (κ2) is 7.72. The minimum Gasteiger partial charge on any atom is -0.458 e. The van der Waals surface area contributed by atoms with Crippen LogP contribution < -0.4 is 0 Å². The topological polar surface area (TPSA) is 52.6 Å². The SMILES string of the molecule is C/C=C(/C)C(=O)OC/C=C\C#C/C=C1/C=CC(=O)O1. The van der Waals surface area contributed by atoms with Crippen LogP contribution in [0.5, 0.6) is 0 Å². The van der Waals surface area contributed by atoms with Crippen molar-refractivity contribution in [2.45, 2.75) is 13.8 Å². The molecule has 98 valence electrons. The van der Waals surface area contributed by atoms with E-state index in [1.54, 1.807) is 38.2 Å². The van der Waals surface area contributed by atoms with E-state index in [1.807, 2.05) is 0 Å². The van der Waals surface area contributed by atoms with Gasteiger partial charge >= 0.3 is 11.9 Å². The number of ether oxygens (including phenoxy) is 2. The molecule has 0 saturated carbocycles. The molecule has 4 heteroatoms. The molecule has 0 amide bonds. The molecule has 0 fully saturated rings. The van der Waals surface area contributed by atoms with Gasteiger partial charge in [0.15, 0.2) is 0 Å². The summed E-state index contributed by atoms with van der Waals surface area (Å²) in [6, 6.07) is 0. The third-order valence-corrected chi connectivity index (χ3v) is 2.17. The Hall–Kier alpha value is -2.54. The molecule has 0 atom stereocenters. The Morgan fingerprint density at radius 2 is 2.21 bits per heavy atom. The fourth-order valence-corrected chi connectivity index (χ4v) is 1.04. The van der Waals surface area contributed by atoms with Crippen LogP contribution in [0.3, 0.4) is 0 Å². The smallest absolute Gasteiger partial charge is 0.336 e. The number of esters is 2. The molecule has 4 nitrogen and oxygen atoms in total. The summed E-state index contributed by atoms with van der Waals surface area (Å²) in [5.41, 5.74) is 0.569. The number of carbonyl (C=O) groups is 2. The van der Waals surface area contributed by atoms with Gasteiger partial charge in [-0.15, -0.1) is 0 Å². The number of allylic oxidation sites excluding steroid dienone is 4. The van der Waals surface area contributed by atoms with Gasteiger partial charge in [0.2, 0.25) is 0 Å². The van der Waals surface area contributed by atoms with Crippen LogP contribution in [0.1, 0.15) is 13.8 Å². The number of carbonyl (C=O) groups excluding carboxylic acids is 2. The summed E-state index contributed by atoms with van der Waals surface area (Å²) >= 11 is 0. The van der Waals surface area contributed by atoms with Crippen molar-refractivity contribution in [1.82, 2.24) is 0 Å². The molecule has 1 aliphatic rings. The van der Waals surface area contributed by atoms with E-state index < -0.39 is 5.97 Å². The highest BCUT2D eigenvalue weighted by atomic mass is 16.5. The van der Waals surface area contributed by atoms with Gasteiger partial charge in [0.25, 0.3) is 0 Å². The molecule has 1 aliphatic heterocycles. The first-order valence-electron chi connectivity index (χ1n) is 5.69. The largest absolute Gasteiger partial charge is 0.458 e. The molecule has 0 N–H and O–H groups in total. The summed E-state index contributed by atoms with van der Waals surface area (Å²) in [5.74, 6) is 5.08. The van der Waals surface area contributed by atoms with Gasteiger partial charge in [0.1, 0.15) is 12.4 Å². The fourth-order valence-electron chi connectivity index (χ4n) is 1.04. The van der Waals surface area contributed by atoms with E-state index in [0.29, 0.717) is 11.3 Å². The van der Waals surface area contributed by atoms with E-state index in [2.05, 4.69) is 11.8 Å². The molecule has 0 spiro atoms. The average Bonchev–Trinajstić information content (AvgIpc) is 2.82. The minimum absolute atomic E-state index is 0.171. The molecular formula is C15H14O4. The highest BCUT2D eigenvalue weighted by molar-refractivity contribution is 5.87. The van der Waals surface area contributed by atoms with Gasteiger partial charge in [0.05, 0.1) is 0 Å². The van der Waals surface area contributed by atoms with Crippen molar-refractivity contribution in [3.05, 3.63) is 47.8 Å². The van der Waals surface area contributed by atoms with Crippen molar-refractivity contribution in [2.24, 2.45) is 0 Å². The molecule has 19 heavy (non-hydrogen) atoms. The second-order valence-electron chi connectivity index (χ2n) is 3.56. The lowest BCUT2D eigenvalue weighted by Gasteiger charge is -1.99. The van der Waals surface area contributed by atoms with Crippen molar-refractivity contribution < 1.29 is 19.1 Å². The Labute approximate surface area is 112 Å². The van der Waals surface area contributed by atoms with Crippen LogP contribution in [0, 0.1) is 11.8 Å². The first kappa shape index (κ1) is 14.5. The van der Waals surface area contributed by atoms with Gasteiger partial charge in [0, 0.05) is 17.7 Å². The van der Waals surface area contributed by atoms with E-state index in [-0.39, 0.29) is 12.6 Å². The van der Waals surface area contributed by atoms with Crippen LogP contribution >= 0.6 is 0 Å². The lowest BCUT2D eigenvalue weighted by molar-refractivity contribution is -0.137. The van der Waals surface area contributed by atoms with E-state index in [4.69, 9.17) is 9.47 Å². The molecule has 0 unspecified atom stereocenters. The number of cyclic esters (lactones) is 1. The van der Waals surface area contributed by atoms with Crippen LogP contribution in [-0.4, -0.2) is 18.5 Å². The molecule has 1 heterocycles. The summed E-state index contributed by atoms with van der Waals surface area (Å²) in [5, 5.41) is 0. The number of rotatable bonds is 3. The van der Waals surface area contributed by atoms with Crippen LogP contribution in [0.25, 0.3) is 0 Å². The molecule has 0 saturated heterocycles. The van der Waals surface area contributed by atoms with Crippen LogP contribution in [-0.2, 0) is 19.1 Å². The zero-order valence-corrected chi connectivity index (χ0v) is 10.8. The third-order valence-electron chi connectivity index (χ3n) is 2.17. The lowest BCUT2D eigenvalue weighted by Crippen LogP contribution is -2.05. The third kappa shape index (κ3) is 5.55. The second-order valence-corrected chi connectivity index (χ2v) is 3.56. The minimum atomic E-state index is -0.394. The zero-order chi connectivity index (χ0) is 14.1. The Morgan fingerprint density at radius 3 is 2.84 bits per heavy atom. The van der Waals surface area contributed by atoms with Crippen molar-refractivity contribution in [3.8, 4) is 11.8 Å². The Balaban J connectivity index is 2.30. The molecule has 1 rings (SSSR count). The maximum atomic E-state index is 11.2. The van der Waals surface area contributed by atoms with Gasteiger partial charge in [-0.3, -0.25) is 0 Å². The van der Waals surface area contributed by atoms with E-state index in [0.717, 1.165) is 0 Å². The van der Waals surface area contributed by atoms with Crippen molar-refractivity contribution >= 4 is 11.9 Å². The fraction of sp³-hybridized carbons (Fsp3) is 0.200. The van der Waals surface area contributed by atoms with Crippen molar-refractivity contribution in [2.75, 3.05) is 6.61 Å². The van der Waals surface area contributed by atoms with E-state index in [1.165, 1.54) is 12.2 Å². The van der Waals surface area contributed by atoms with Crippen LogP contribution in [0.4, 0.5) is 0 Å². The first-order valence-corrected chi connectivity index (χ1v) is 5.69. The molecular weight excluding hydrogens is 244 g/mol. The lowest BCUT2D eigenvalue weighted by atomic mass is 10.3. The summed E-state index contributed by atoms with van der Waals surface area (Å²) in [6.07, 6.45) is 9.24. The van der Waals surface area contributed by atoms with Gasteiger partial charge < -0.3 is 9.47 Å². The standard InChI is InChI=1S/C15H14O4/c1-3-12(2)15(17)18-11-7-5-4-6-8-13-9-10-14(16)19-13/h3,5,7-10H,11H2,1-2H3/b7-5-,12-3-,13-8-. The number of hydrogen-bond donors (Lipinski definition) is 0. The molecule has 0 aliphatic carbocycles. The van der Waals surface area contributed by atoms with Crippen LogP contribution in [0.2, 0.25) is 0 Å². The Morgan fingerprint density at radius 1 is 1.42 bits per heavy atom. The van der Waals surface area contributed by atoms with E-state index in [9.17, 15) is 9.59 Å². The highest BCUT2D eigenvalue weighted by Crippen LogP contribution is 2.07. The predicted octanol–water partition coefficient (Wildman–Crippen LogP) is 2.05. The average molecular weight is 258 g/mol. The Kier molecular flexibility index (Phi) is 5.90. The highest BCUT2D eigenvalue weighted by Gasteiger charge is 2.07. The molecule has 0 aromatic rings. The maximum absolute atomic E-state index is 11.2. The van der Waals surface area contributed by atoms with Gasteiger partial charge in [-0.25, -0.2) is 9.59 Å². The molecule has 0 aromatic carbocycles. The molecule has 0 aromatic heterocycles. The van der Waals surface area contributed by atoms with Crippen LogP contribution in [0.15, 0.2) is 47.8 Å². The first-order chi connectivity index (χ1) is 9.13. The molecule has 0 bridgehead atoms. The quantitative estimate of drug-likeness (QED) is 0.441. The summed E-state index contributed by atoms with van der Waals surface area (Å²) < 4.78 is 9.70. The normalized spacial score (nSPS) is 16.4. The van der Waals surface area contributed by atoms with Crippen molar-refractivity contribution in [3.63, 3.8) is 0 Å². The monoisotopic (exact) mass is 258 g/mol. The van der Waals surface area contributed by atoms with Gasteiger partial charge in [-0.05, 0) is 32.1 Å². The predicted molar refractivity (Wildman–Crippen MR) is 70.6 cm³/mol. The number of hydrogen-bond acceptors (Lipinski definition) is 4. The van der Waals surface area contributed by atoms with Crippen molar-refractivity contribution in [1.29, 1.82) is 0 Å². The zero-order valence-electron chi connectivity index (χ0n) is 10.8. The summed E-state index contributed by atoms with van der Waals surface area (Å²) in [7, 11) is 0. The van der Waals surface area contributed by atoms with Gasteiger partial charge in [-0.1, -0.05) is 17.9 Å². The van der Waals surface area contributed by atoms with Gasteiger partial charge in [-0.2, -0.15) is 0 Å².